The van der Waals surface area contributed by atoms with Crippen molar-refractivity contribution in [3.8, 4) is 11.1 Å². The number of rotatable bonds is 5. The van der Waals surface area contributed by atoms with Crippen LogP contribution >= 0.6 is 11.8 Å². The van der Waals surface area contributed by atoms with E-state index in [2.05, 4.69) is 23.5 Å². The Balaban J connectivity index is 0.000000216. The summed E-state index contributed by atoms with van der Waals surface area (Å²) in [6.07, 6.45) is 0.684. The zero-order valence-electron chi connectivity index (χ0n) is 16.2. The number of carboxylic acid groups (broad SMARTS) is 1. The molecule has 1 fully saturated rings. The van der Waals surface area contributed by atoms with E-state index in [0.29, 0.717) is 6.42 Å². The van der Waals surface area contributed by atoms with E-state index in [4.69, 9.17) is 5.11 Å². The summed E-state index contributed by atoms with van der Waals surface area (Å²) in [7, 11) is 0. The zero-order valence-corrected chi connectivity index (χ0v) is 17.0. The van der Waals surface area contributed by atoms with Gasteiger partial charge in [0.05, 0.1) is 11.7 Å². The number of imide groups is 1. The molecule has 1 heterocycles. The SMILES string of the molecule is O=C(O)Cc1ccccc1.O=C1NC(=O)C(Cc2cccc(-c3ccccc3)c2)S1. The number of benzene rings is 3. The fraction of sp³-hybridized carbons (Fsp3) is 0.125. The number of aliphatic carboxylic acids is 1. The van der Waals surface area contributed by atoms with Crippen LogP contribution in [-0.2, 0) is 22.4 Å². The number of carboxylic acids is 1. The Morgan fingerprint density at radius 3 is 2.03 bits per heavy atom. The maximum Gasteiger partial charge on any atom is 0.307 e. The summed E-state index contributed by atoms with van der Waals surface area (Å²) in [5.41, 5.74) is 4.18. The molecule has 2 N–H and O–H groups in total. The summed E-state index contributed by atoms with van der Waals surface area (Å²) < 4.78 is 0. The van der Waals surface area contributed by atoms with Crippen LogP contribution in [0.5, 0.6) is 0 Å². The largest absolute Gasteiger partial charge is 0.481 e. The first-order valence-electron chi connectivity index (χ1n) is 9.43. The predicted molar refractivity (Wildman–Crippen MR) is 118 cm³/mol. The number of carbonyl (C=O) groups is 3. The van der Waals surface area contributed by atoms with Crippen LogP contribution in [0.15, 0.2) is 84.9 Å². The van der Waals surface area contributed by atoms with Crippen LogP contribution in [0.2, 0.25) is 0 Å². The summed E-state index contributed by atoms with van der Waals surface area (Å²) in [5.74, 6) is -0.976. The molecule has 2 amide bonds. The number of nitrogens with one attached hydrogen (secondary N) is 1. The van der Waals surface area contributed by atoms with E-state index in [9.17, 15) is 14.4 Å². The third-order valence-electron chi connectivity index (χ3n) is 4.42. The molecule has 1 aliphatic rings. The molecule has 0 aromatic heterocycles. The number of hydrogen-bond acceptors (Lipinski definition) is 4. The van der Waals surface area contributed by atoms with Gasteiger partial charge < -0.3 is 5.11 Å². The topological polar surface area (TPSA) is 83.5 Å². The van der Waals surface area contributed by atoms with Gasteiger partial charge in [-0.3, -0.25) is 19.7 Å². The summed E-state index contributed by atoms with van der Waals surface area (Å²) in [4.78, 5) is 32.9. The maximum absolute atomic E-state index is 11.6. The molecule has 3 aromatic carbocycles. The van der Waals surface area contributed by atoms with E-state index in [-0.39, 0.29) is 22.8 Å². The van der Waals surface area contributed by atoms with E-state index < -0.39 is 5.97 Å². The minimum absolute atomic E-state index is 0.112. The number of hydrogen-bond donors (Lipinski definition) is 2. The second-order valence-electron chi connectivity index (χ2n) is 6.71. The van der Waals surface area contributed by atoms with Crippen LogP contribution in [0.1, 0.15) is 11.1 Å². The molecule has 5 nitrogen and oxygen atoms in total. The number of carbonyl (C=O) groups excluding carboxylic acids is 2. The van der Waals surface area contributed by atoms with Gasteiger partial charge in [0.1, 0.15) is 0 Å². The molecule has 1 unspecified atom stereocenters. The van der Waals surface area contributed by atoms with Gasteiger partial charge in [0.25, 0.3) is 5.24 Å². The van der Waals surface area contributed by atoms with Gasteiger partial charge in [0.2, 0.25) is 5.91 Å². The Labute approximate surface area is 179 Å². The standard InChI is InChI=1S/C16H13NO2S.C8H8O2/c18-15-14(20-16(19)17-15)10-11-5-4-8-13(9-11)12-6-2-1-3-7-12;9-8(10)6-7-4-2-1-3-5-7/h1-9,14H,10H2,(H,17,18,19);1-5H,6H2,(H,9,10). The van der Waals surface area contributed by atoms with E-state index >= 15 is 0 Å². The van der Waals surface area contributed by atoms with Crippen LogP contribution in [0.4, 0.5) is 4.79 Å². The zero-order chi connectivity index (χ0) is 21.3. The first-order chi connectivity index (χ1) is 14.5. The van der Waals surface area contributed by atoms with Gasteiger partial charge in [-0.1, -0.05) is 96.7 Å². The molecule has 1 atom stereocenters. The smallest absolute Gasteiger partial charge is 0.307 e. The molecule has 6 heteroatoms. The van der Waals surface area contributed by atoms with Crippen molar-refractivity contribution in [1.82, 2.24) is 5.32 Å². The molecular weight excluding hydrogens is 398 g/mol. The fourth-order valence-corrected chi connectivity index (χ4v) is 3.88. The molecule has 0 saturated carbocycles. The van der Waals surface area contributed by atoms with Gasteiger partial charge in [-0.15, -0.1) is 0 Å². The Bertz CT molecular complexity index is 1020. The summed E-state index contributed by atoms with van der Waals surface area (Å²) in [6.45, 7) is 0. The van der Waals surface area contributed by atoms with Crippen molar-refractivity contribution in [2.24, 2.45) is 0 Å². The van der Waals surface area contributed by atoms with Gasteiger partial charge in [0, 0.05) is 0 Å². The number of thioether (sulfide) groups is 1. The Morgan fingerprint density at radius 2 is 1.43 bits per heavy atom. The molecule has 1 aliphatic heterocycles. The first-order valence-corrected chi connectivity index (χ1v) is 10.3. The molecule has 152 valence electrons. The van der Waals surface area contributed by atoms with Crippen LogP contribution in [0, 0.1) is 0 Å². The molecule has 0 radical (unpaired) electrons. The fourth-order valence-electron chi connectivity index (χ4n) is 3.02. The van der Waals surface area contributed by atoms with Crippen LogP contribution in [-0.4, -0.2) is 27.5 Å². The Morgan fingerprint density at radius 1 is 0.833 bits per heavy atom. The highest BCUT2D eigenvalue weighted by Crippen LogP contribution is 2.25. The van der Waals surface area contributed by atoms with Crippen molar-refractivity contribution < 1.29 is 19.5 Å². The maximum atomic E-state index is 11.6. The normalized spacial score (nSPS) is 15.1. The lowest BCUT2D eigenvalue weighted by Crippen LogP contribution is -2.25. The lowest BCUT2D eigenvalue weighted by Gasteiger charge is -2.08. The molecule has 0 aliphatic carbocycles. The minimum Gasteiger partial charge on any atom is -0.481 e. The molecule has 4 rings (SSSR count). The average molecular weight is 420 g/mol. The quantitative estimate of drug-likeness (QED) is 0.633. The Hall–Kier alpha value is -3.38. The van der Waals surface area contributed by atoms with Crippen molar-refractivity contribution in [2.45, 2.75) is 18.1 Å². The lowest BCUT2D eigenvalue weighted by atomic mass is 10.0. The molecule has 0 bridgehead atoms. The van der Waals surface area contributed by atoms with Gasteiger partial charge in [-0.2, -0.15) is 0 Å². The van der Waals surface area contributed by atoms with E-state index in [1.807, 2.05) is 54.6 Å². The van der Waals surface area contributed by atoms with Crippen LogP contribution in [0.25, 0.3) is 11.1 Å². The van der Waals surface area contributed by atoms with Crippen molar-refractivity contribution in [3.05, 3.63) is 96.1 Å². The van der Waals surface area contributed by atoms with E-state index in [0.717, 1.165) is 34.0 Å². The summed E-state index contributed by atoms with van der Waals surface area (Å²) >= 11 is 1.07. The summed E-state index contributed by atoms with van der Waals surface area (Å²) in [5, 5.41) is 10.1. The van der Waals surface area contributed by atoms with Gasteiger partial charge in [-0.05, 0) is 28.7 Å². The van der Waals surface area contributed by atoms with Crippen LogP contribution < -0.4 is 5.32 Å². The molecule has 3 aromatic rings. The lowest BCUT2D eigenvalue weighted by molar-refractivity contribution is -0.136. The second-order valence-corrected chi connectivity index (χ2v) is 7.89. The summed E-state index contributed by atoms with van der Waals surface area (Å²) in [6, 6.07) is 27.3. The van der Waals surface area contributed by atoms with E-state index in [1.54, 1.807) is 12.1 Å². The molecule has 0 spiro atoms. The van der Waals surface area contributed by atoms with Crippen molar-refractivity contribution in [2.75, 3.05) is 0 Å². The van der Waals surface area contributed by atoms with Gasteiger partial charge >= 0.3 is 5.97 Å². The molecule has 30 heavy (non-hydrogen) atoms. The average Bonchev–Trinajstić information content (AvgIpc) is 3.06. The van der Waals surface area contributed by atoms with E-state index in [1.165, 1.54) is 0 Å². The highest BCUT2D eigenvalue weighted by molar-refractivity contribution is 8.15. The molecular formula is C24H21NO4S. The van der Waals surface area contributed by atoms with Gasteiger partial charge in [0.15, 0.2) is 0 Å². The third-order valence-corrected chi connectivity index (χ3v) is 5.40. The van der Waals surface area contributed by atoms with Crippen molar-refractivity contribution in [1.29, 1.82) is 0 Å². The van der Waals surface area contributed by atoms with Gasteiger partial charge in [-0.25, -0.2) is 0 Å². The highest BCUT2D eigenvalue weighted by Gasteiger charge is 2.31. The Kier molecular flexibility index (Phi) is 7.40. The second kappa shape index (κ2) is 10.4. The van der Waals surface area contributed by atoms with Crippen molar-refractivity contribution >= 4 is 28.9 Å². The minimum atomic E-state index is -0.786. The monoisotopic (exact) mass is 419 g/mol. The predicted octanol–water partition coefficient (Wildman–Crippen LogP) is 4.56. The van der Waals surface area contributed by atoms with Crippen LogP contribution in [0.3, 0.4) is 0 Å². The first kappa shape index (κ1) is 21.3. The molecule has 1 saturated heterocycles. The number of amides is 2. The highest BCUT2D eigenvalue weighted by atomic mass is 32.2. The van der Waals surface area contributed by atoms with Crippen molar-refractivity contribution in [3.63, 3.8) is 0 Å². The third kappa shape index (κ3) is 6.32.